The highest BCUT2D eigenvalue weighted by atomic mass is 32.1. The van der Waals surface area contributed by atoms with Crippen molar-refractivity contribution in [2.45, 2.75) is 71.6 Å². The molecule has 21 heavy (non-hydrogen) atoms. The lowest BCUT2D eigenvalue weighted by atomic mass is 9.71. The van der Waals surface area contributed by atoms with Gasteiger partial charge in [0.1, 0.15) is 0 Å². The fourth-order valence-corrected chi connectivity index (χ4v) is 4.74. The first-order chi connectivity index (χ1) is 9.94. The summed E-state index contributed by atoms with van der Waals surface area (Å²) >= 11 is 1.85. The third kappa shape index (κ3) is 4.53. The van der Waals surface area contributed by atoms with Gasteiger partial charge in [0, 0.05) is 17.2 Å². The maximum atomic E-state index is 6.02. The van der Waals surface area contributed by atoms with Crippen LogP contribution in [-0.2, 0) is 11.8 Å². The van der Waals surface area contributed by atoms with Gasteiger partial charge < -0.3 is 5.73 Å². The number of nitrogens with zero attached hydrogens (tertiary/aromatic N) is 1. The van der Waals surface area contributed by atoms with Gasteiger partial charge in [-0.3, -0.25) is 0 Å². The van der Waals surface area contributed by atoms with Gasteiger partial charge in [0.2, 0.25) is 0 Å². The van der Waals surface area contributed by atoms with E-state index >= 15 is 0 Å². The van der Waals surface area contributed by atoms with Crippen LogP contribution in [0.4, 0.5) is 0 Å². The molecule has 1 aromatic rings. The molecule has 0 aliphatic heterocycles. The number of nitrogens with two attached hydrogens (primary N) is 1. The van der Waals surface area contributed by atoms with Crippen LogP contribution in [-0.4, -0.2) is 11.5 Å². The number of hydrogen-bond acceptors (Lipinski definition) is 3. The normalized spacial score (nSPS) is 27.0. The van der Waals surface area contributed by atoms with Crippen molar-refractivity contribution >= 4 is 11.3 Å². The molecule has 0 saturated heterocycles. The van der Waals surface area contributed by atoms with Crippen molar-refractivity contribution in [1.82, 2.24) is 4.98 Å². The Labute approximate surface area is 134 Å². The molecule has 3 atom stereocenters. The van der Waals surface area contributed by atoms with Crippen molar-refractivity contribution in [3.63, 3.8) is 0 Å². The van der Waals surface area contributed by atoms with Gasteiger partial charge in [0.25, 0.3) is 0 Å². The molecule has 1 fully saturated rings. The van der Waals surface area contributed by atoms with Crippen molar-refractivity contribution in [2.24, 2.45) is 23.5 Å². The molecule has 3 heteroatoms. The molecule has 3 unspecified atom stereocenters. The molecule has 0 bridgehead atoms. The number of thiazole rings is 1. The Kier molecular flexibility index (Phi) is 5.84. The fourth-order valence-electron chi connectivity index (χ4n) is 3.63. The lowest BCUT2D eigenvalue weighted by Crippen LogP contribution is -2.31. The van der Waals surface area contributed by atoms with Crippen LogP contribution in [0.2, 0.25) is 0 Å². The van der Waals surface area contributed by atoms with Gasteiger partial charge in [-0.15, -0.1) is 11.3 Å². The standard InChI is InChI=1S/C18H32N2S/c1-5-6-13-7-8-14(11-19)15(9-13)10-17-20-16(12-21-17)18(2,3)4/h12-15H,5-11,19H2,1-4H3. The largest absolute Gasteiger partial charge is 0.330 e. The van der Waals surface area contributed by atoms with Crippen LogP contribution in [0.15, 0.2) is 5.38 Å². The molecule has 2 rings (SSSR count). The monoisotopic (exact) mass is 308 g/mol. The van der Waals surface area contributed by atoms with Gasteiger partial charge in [0.05, 0.1) is 10.7 Å². The SMILES string of the molecule is CCCC1CCC(CN)C(Cc2nc(C(C)(C)C)cs2)C1. The van der Waals surface area contributed by atoms with Crippen LogP contribution in [0.25, 0.3) is 0 Å². The van der Waals surface area contributed by atoms with Gasteiger partial charge >= 0.3 is 0 Å². The molecule has 2 N–H and O–H groups in total. The lowest BCUT2D eigenvalue weighted by molar-refractivity contribution is 0.175. The number of rotatable bonds is 5. The van der Waals surface area contributed by atoms with E-state index < -0.39 is 0 Å². The average Bonchev–Trinajstić information content (AvgIpc) is 2.88. The quantitative estimate of drug-likeness (QED) is 0.850. The van der Waals surface area contributed by atoms with Crippen molar-refractivity contribution in [3.05, 3.63) is 16.1 Å². The highest BCUT2D eigenvalue weighted by molar-refractivity contribution is 7.09. The number of hydrogen-bond donors (Lipinski definition) is 1. The summed E-state index contributed by atoms with van der Waals surface area (Å²) < 4.78 is 0. The molecule has 0 aromatic carbocycles. The summed E-state index contributed by atoms with van der Waals surface area (Å²) in [6, 6.07) is 0. The van der Waals surface area contributed by atoms with E-state index in [9.17, 15) is 0 Å². The predicted molar refractivity (Wildman–Crippen MR) is 92.8 cm³/mol. The molecule has 0 radical (unpaired) electrons. The smallest absolute Gasteiger partial charge is 0.0931 e. The minimum absolute atomic E-state index is 0.166. The average molecular weight is 309 g/mol. The summed E-state index contributed by atoms with van der Waals surface area (Å²) in [6.45, 7) is 9.88. The van der Waals surface area contributed by atoms with E-state index in [0.29, 0.717) is 5.92 Å². The zero-order valence-electron chi connectivity index (χ0n) is 14.2. The number of aromatic nitrogens is 1. The van der Waals surface area contributed by atoms with Crippen LogP contribution in [0.3, 0.4) is 0 Å². The maximum absolute atomic E-state index is 6.02. The summed E-state index contributed by atoms with van der Waals surface area (Å²) in [5.74, 6) is 2.38. The minimum Gasteiger partial charge on any atom is -0.330 e. The minimum atomic E-state index is 0.166. The molecular weight excluding hydrogens is 276 g/mol. The third-order valence-electron chi connectivity index (χ3n) is 5.01. The van der Waals surface area contributed by atoms with Gasteiger partial charge in [0.15, 0.2) is 0 Å². The topological polar surface area (TPSA) is 38.9 Å². The van der Waals surface area contributed by atoms with Crippen molar-refractivity contribution < 1.29 is 0 Å². The zero-order chi connectivity index (χ0) is 15.5. The molecule has 1 saturated carbocycles. The summed E-state index contributed by atoms with van der Waals surface area (Å²) in [5, 5.41) is 3.57. The molecule has 1 aromatic heterocycles. The van der Waals surface area contributed by atoms with Crippen LogP contribution in [0, 0.1) is 17.8 Å². The summed E-state index contributed by atoms with van der Waals surface area (Å²) in [5.41, 5.74) is 7.43. The zero-order valence-corrected chi connectivity index (χ0v) is 15.0. The van der Waals surface area contributed by atoms with Crippen LogP contribution in [0.5, 0.6) is 0 Å². The van der Waals surface area contributed by atoms with Crippen molar-refractivity contribution in [2.75, 3.05) is 6.54 Å². The maximum Gasteiger partial charge on any atom is 0.0931 e. The Bertz CT molecular complexity index is 433. The first-order valence-electron chi connectivity index (χ1n) is 8.59. The summed E-state index contributed by atoms with van der Waals surface area (Å²) in [4.78, 5) is 4.89. The van der Waals surface area contributed by atoms with E-state index in [-0.39, 0.29) is 5.41 Å². The first-order valence-corrected chi connectivity index (χ1v) is 9.47. The highest BCUT2D eigenvalue weighted by Crippen LogP contribution is 2.38. The Morgan fingerprint density at radius 2 is 2.05 bits per heavy atom. The van der Waals surface area contributed by atoms with E-state index in [0.717, 1.165) is 24.8 Å². The summed E-state index contributed by atoms with van der Waals surface area (Å²) in [6.07, 6.45) is 7.92. The fraction of sp³-hybridized carbons (Fsp3) is 0.833. The molecule has 1 aliphatic rings. The van der Waals surface area contributed by atoms with Crippen molar-refractivity contribution in [3.8, 4) is 0 Å². The predicted octanol–water partition coefficient (Wildman–Crippen LogP) is 4.77. The van der Waals surface area contributed by atoms with Crippen molar-refractivity contribution in [1.29, 1.82) is 0 Å². The van der Waals surface area contributed by atoms with E-state index in [4.69, 9.17) is 10.7 Å². The molecule has 1 heterocycles. The van der Waals surface area contributed by atoms with Crippen LogP contribution in [0.1, 0.15) is 70.5 Å². The van der Waals surface area contributed by atoms with E-state index in [1.807, 2.05) is 11.3 Å². The highest BCUT2D eigenvalue weighted by Gasteiger charge is 2.30. The molecule has 2 nitrogen and oxygen atoms in total. The van der Waals surface area contributed by atoms with Crippen LogP contribution >= 0.6 is 11.3 Å². The third-order valence-corrected chi connectivity index (χ3v) is 5.88. The Morgan fingerprint density at radius 3 is 2.62 bits per heavy atom. The molecule has 1 aliphatic carbocycles. The second-order valence-electron chi connectivity index (χ2n) is 7.80. The van der Waals surface area contributed by atoms with Gasteiger partial charge in [-0.05, 0) is 37.1 Å². The Hall–Kier alpha value is -0.410. The Morgan fingerprint density at radius 1 is 1.29 bits per heavy atom. The van der Waals surface area contributed by atoms with Gasteiger partial charge in [-0.25, -0.2) is 4.98 Å². The second-order valence-corrected chi connectivity index (χ2v) is 8.75. The second kappa shape index (κ2) is 7.23. The molecule has 0 amide bonds. The van der Waals surface area contributed by atoms with Gasteiger partial charge in [-0.1, -0.05) is 47.0 Å². The van der Waals surface area contributed by atoms with E-state index in [1.54, 1.807) is 0 Å². The summed E-state index contributed by atoms with van der Waals surface area (Å²) in [7, 11) is 0. The van der Waals surface area contributed by atoms with E-state index in [2.05, 4.69) is 33.1 Å². The Balaban J connectivity index is 2.02. The van der Waals surface area contributed by atoms with E-state index in [1.165, 1.54) is 42.8 Å². The molecule has 0 spiro atoms. The first kappa shape index (κ1) is 17.0. The van der Waals surface area contributed by atoms with Gasteiger partial charge in [-0.2, -0.15) is 0 Å². The molecular formula is C18H32N2S. The molecule has 120 valence electrons. The van der Waals surface area contributed by atoms with Crippen LogP contribution < -0.4 is 5.73 Å². The lowest BCUT2D eigenvalue weighted by Gasteiger charge is -2.35.